The van der Waals surface area contributed by atoms with Crippen LogP contribution in [0.1, 0.15) is 28.4 Å². The number of hydrogen-bond donors (Lipinski definition) is 0. The molecule has 0 radical (unpaired) electrons. The first-order valence-corrected chi connectivity index (χ1v) is 9.61. The second kappa shape index (κ2) is 9.46. The molecule has 0 N–H and O–H groups in total. The van der Waals surface area contributed by atoms with Gasteiger partial charge >= 0.3 is 0 Å². The van der Waals surface area contributed by atoms with Gasteiger partial charge in [-0.1, -0.05) is 72.8 Å². The molecule has 4 aromatic rings. The van der Waals surface area contributed by atoms with Crippen LogP contribution >= 0.6 is 0 Å². The maximum absolute atomic E-state index is 9.01. The Labute approximate surface area is 175 Å². The van der Waals surface area contributed by atoms with Gasteiger partial charge in [0.15, 0.2) is 0 Å². The summed E-state index contributed by atoms with van der Waals surface area (Å²) in [4.78, 5) is 4.12. The average molecular weight is 392 g/mol. The smallest absolute Gasteiger partial charge is 0.138 e. The summed E-state index contributed by atoms with van der Waals surface area (Å²) < 4.78 is 8.15. The maximum Gasteiger partial charge on any atom is 0.138 e. The van der Waals surface area contributed by atoms with Gasteiger partial charge < -0.3 is 4.74 Å². The molecule has 0 bridgehead atoms. The van der Waals surface area contributed by atoms with Crippen molar-refractivity contribution in [1.29, 1.82) is 5.26 Å². The zero-order chi connectivity index (χ0) is 20.6. The third kappa shape index (κ3) is 4.69. The molecule has 4 rings (SSSR count). The Kier molecular flexibility index (Phi) is 6.09. The van der Waals surface area contributed by atoms with E-state index in [9.17, 15) is 0 Å². The first-order chi connectivity index (χ1) is 14.8. The van der Waals surface area contributed by atoms with Crippen molar-refractivity contribution in [3.8, 4) is 6.07 Å². The van der Waals surface area contributed by atoms with E-state index in [-0.39, 0.29) is 6.10 Å². The van der Waals surface area contributed by atoms with E-state index in [1.54, 1.807) is 23.1 Å². The number of hydrogen-bond acceptors (Lipinski definition) is 4. The molecule has 0 aliphatic rings. The highest BCUT2D eigenvalue weighted by Gasteiger charge is 2.20. The summed E-state index contributed by atoms with van der Waals surface area (Å²) in [5.74, 6) is 0. The van der Waals surface area contributed by atoms with Gasteiger partial charge in [0, 0.05) is 0 Å². The molecule has 5 heteroatoms. The second-order valence-corrected chi connectivity index (χ2v) is 6.73. The Bertz CT molecular complexity index is 1130. The molecular weight excluding hydrogens is 372 g/mol. The van der Waals surface area contributed by atoms with Gasteiger partial charge in [-0.2, -0.15) is 10.4 Å². The summed E-state index contributed by atoms with van der Waals surface area (Å²) in [5, 5.41) is 13.4. The van der Waals surface area contributed by atoms with E-state index >= 15 is 0 Å². The van der Waals surface area contributed by atoms with Crippen molar-refractivity contribution >= 4 is 11.8 Å². The fraction of sp³-hybridized carbons (Fsp3) is 0.0800. The maximum atomic E-state index is 9.01. The molecule has 3 aromatic carbocycles. The van der Waals surface area contributed by atoms with E-state index in [4.69, 9.17) is 10.00 Å². The summed E-state index contributed by atoms with van der Waals surface area (Å²) in [6, 6.07) is 29.7. The lowest BCUT2D eigenvalue weighted by molar-refractivity contribution is 0.0747. The molecule has 1 unspecified atom stereocenters. The number of benzene rings is 3. The first kappa shape index (κ1) is 19.3. The highest BCUT2D eigenvalue weighted by Crippen LogP contribution is 2.31. The number of nitriles is 1. The summed E-state index contributed by atoms with van der Waals surface area (Å²) in [6.07, 6.45) is 4.89. The van der Waals surface area contributed by atoms with Crippen LogP contribution in [0.15, 0.2) is 97.6 Å². The minimum absolute atomic E-state index is 0.358. The van der Waals surface area contributed by atoms with Crippen LogP contribution in [-0.2, 0) is 11.3 Å². The Morgan fingerprint density at radius 2 is 1.67 bits per heavy atom. The van der Waals surface area contributed by atoms with E-state index in [1.165, 1.54) is 6.33 Å². The van der Waals surface area contributed by atoms with Crippen LogP contribution < -0.4 is 0 Å². The summed E-state index contributed by atoms with van der Waals surface area (Å²) in [7, 11) is 0. The highest BCUT2D eigenvalue weighted by molar-refractivity contribution is 5.73. The van der Waals surface area contributed by atoms with Crippen LogP contribution in [0.25, 0.3) is 11.8 Å². The van der Waals surface area contributed by atoms with Gasteiger partial charge in [-0.25, -0.2) is 9.67 Å². The Morgan fingerprint density at radius 1 is 0.967 bits per heavy atom. The van der Waals surface area contributed by atoms with Crippen molar-refractivity contribution in [2.45, 2.75) is 12.7 Å². The summed E-state index contributed by atoms with van der Waals surface area (Å²) >= 11 is 0. The van der Waals surface area contributed by atoms with Crippen LogP contribution in [0.2, 0.25) is 0 Å². The standard InChI is InChI=1S/C25H20N4O/c26-16-21-11-13-22(14-12-21)17-30-25(23-9-5-2-6-10-23)24(29-19-27-18-28-29)15-20-7-3-1-4-8-20/h1-15,18-19,25H,17H2/b24-15+. The van der Waals surface area contributed by atoms with Gasteiger partial charge in [-0.15, -0.1) is 0 Å². The Hall–Kier alpha value is -4.01. The minimum atomic E-state index is -0.358. The minimum Gasteiger partial charge on any atom is -0.362 e. The molecule has 30 heavy (non-hydrogen) atoms. The Morgan fingerprint density at radius 3 is 2.30 bits per heavy atom. The molecule has 146 valence electrons. The lowest BCUT2D eigenvalue weighted by Crippen LogP contribution is -2.12. The molecule has 0 aliphatic heterocycles. The van der Waals surface area contributed by atoms with E-state index in [2.05, 4.69) is 22.2 Å². The SMILES string of the molecule is N#Cc1ccc(COC(/C(=C\c2ccccc2)n2cncn2)c2ccccc2)cc1. The number of nitrogens with zero attached hydrogens (tertiary/aromatic N) is 4. The fourth-order valence-corrected chi connectivity index (χ4v) is 3.16. The number of ether oxygens (including phenoxy) is 1. The molecule has 0 aliphatic carbocycles. The van der Waals surface area contributed by atoms with E-state index < -0.39 is 0 Å². The second-order valence-electron chi connectivity index (χ2n) is 6.73. The van der Waals surface area contributed by atoms with Crippen LogP contribution in [0.3, 0.4) is 0 Å². The molecule has 0 spiro atoms. The molecule has 5 nitrogen and oxygen atoms in total. The topological polar surface area (TPSA) is 63.7 Å². The first-order valence-electron chi connectivity index (χ1n) is 9.61. The van der Waals surface area contributed by atoms with Gasteiger partial charge in [0.2, 0.25) is 0 Å². The van der Waals surface area contributed by atoms with Crippen molar-refractivity contribution in [3.05, 3.63) is 120 Å². The van der Waals surface area contributed by atoms with Gasteiger partial charge in [0.05, 0.1) is 23.9 Å². The van der Waals surface area contributed by atoms with Gasteiger partial charge in [-0.3, -0.25) is 0 Å². The molecule has 0 fully saturated rings. The van der Waals surface area contributed by atoms with Crippen molar-refractivity contribution in [2.75, 3.05) is 0 Å². The van der Waals surface area contributed by atoms with Gasteiger partial charge in [-0.05, 0) is 34.9 Å². The largest absolute Gasteiger partial charge is 0.362 e. The molecule has 1 heterocycles. The van der Waals surface area contributed by atoms with Crippen LogP contribution in [-0.4, -0.2) is 14.8 Å². The Balaban J connectivity index is 1.71. The molecule has 0 amide bonds. The highest BCUT2D eigenvalue weighted by atomic mass is 16.5. The lowest BCUT2D eigenvalue weighted by Gasteiger charge is -2.22. The van der Waals surface area contributed by atoms with E-state index in [0.717, 1.165) is 22.4 Å². The summed E-state index contributed by atoms with van der Waals surface area (Å²) in [6.45, 7) is 0.395. The van der Waals surface area contributed by atoms with Gasteiger partial charge in [0.1, 0.15) is 18.8 Å². The van der Waals surface area contributed by atoms with Crippen molar-refractivity contribution < 1.29 is 4.74 Å². The van der Waals surface area contributed by atoms with Crippen LogP contribution in [0.5, 0.6) is 0 Å². The van der Waals surface area contributed by atoms with Crippen molar-refractivity contribution in [3.63, 3.8) is 0 Å². The normalized spacial score (nSPS) is 12.3. The van der Waals surface area contributed by atoms with Crippen molar-refractivity contribution in [1.82, 2.24) is 14.8 Å². The van der Waals surface area contributed by atoms with Crippen molar-refractivity contribution in [2.24, 2.45) is 0 Å². The molecule has 1 atom stereocenters. The predicted molar refractivity (Wildman–Crippen MR) is 116 cm³/mol. The number of rotatable bonds is 7. The van der Waals surface area contributed by atoms with Crippen LogP contribution in [0, 0.1) is 11.3 Å². The fourth-order valence-electron chi connectivity index (χ4n) is 3.16. The lowest BCUT2D eigenvalue weighted by atomic mass is 10.0. The zero-order valence-electron chi connectivity index (χ0n) is 16.3. The zero-order valence-corrected chi connectivity index (χ0v) is 16.3. The third-order valence-electron chi connectivity index (χ3n) is 4.67. The monoisotopic (exact) mass is 392 g/mol. The quantitative estimate of drug-likeness (QED) is 0.439. The molecular formula is C25H20N4O. The molecule has 1 aromatic heterocycles. The molecule has 0 saturated carbocycles. The van der Waals surface area contributed by atoms with Gasteiger partial charge in [0.25, 0.3) is 0 Å². The summed E-state index contributed by atoms with van der Waals surface area (Å²) in [5.41, 5.74) is 4.55. The van der Waals surface area contributed by atoms with E-state index in [1.807, 2.05) is 72.8 Å². The molecule has 0 saturated heterocycles. The third-order valence-corrected chi connectivity index (χ3v) is 4.67. The van der Waals surface area contributed by atoms with E-state index in [0.29, 0.717) is 12.2 Å². The predicted octanol–water partition coefficient (Wildman–Crippen LogP) is 5.11. The number of aromatic nitrogens is 3. The van der Waals surface area contributed by atoms with Crippen LogP contribution in [0.4, 0.5) is 0 Å². The average Bonchev–Trinajstić information content (AvgIpc) is 3.35.